The molecule has 5 aliphatic rings. The van der Waals surface area contributed by atoms with Gasteiger partial charge in [0.25, 0.3) is 0 Å². The third-order valence-corrected chi connectivity index (χ3v) is 7.79. The van der Waals surface area contributed by atoms with Gasteiger partial charge >= 0.3 is 0 Å². The van der Waals surface area contributed by atoms with Crippen LogP contribution in [0.4, 0.5) is 0 Å². The molecule has 0 amide bonds. The first-order valence-corrected chi connectivity index (χ1v) is 10.00. The van der Waals surface area contributed by atoms with Crippen molar-refractivity contribution in [2.24, 2.45) is 34.1 Å². The fraction of sp³-hybridized carbons (Fsp3) is 0.944. The number of rotatable bonds is 3. The van der Waals surface area contributed by atoms with Gasteiger partial charge in [-0.1, -0.05) is 25.6 Å². The van der Waals surface area contributed by atoms with E-state index in [0.717, 1.165) is 17.8 Å². The number of thioether (sulfide) groups is 1. The van der Waals surface area contributed by atoms with Gasteiger partial charge in [0.2, 0.25) is 0 Å². The molecule has 21 heavy (non-hydrogen) atoms. The molecule has 0 aromatic rings. The SMILES string of the molecule is CC(C)C1CSC(NC(C)C23CC4CC(CC(C4)C2)C3)=N1. The van der Waals surface area contributed by atoms with Crippen LogP contribution in [0.1, 0.15) is 59.3 Å². The van der Waals surface area contributed by atoms with Gasteiger partial charge in [0.15, 0.2) is 5.17 Å². The molecule has 2 unspecified atom stereocenters. The highest BCUT2D eigenvalue weighted by Crippen LogP contribution is 2.61. The molecule has 0 aromatic carbocycles. The molecular weight excluding hydrogens is 276 g/mol. The standard InChI is InChI=1S/C18H30N2S/c1-11(2)16-10-21-17(20-16)19-12(3)18-7-13-4-14(8-18)6-15(5-13)9-18/h11-16H,4-10H2,1-3H3,(H,19,20). The second kappa shape index (κ2) is 5.18. The van der Waals surface area contributed by atoms with Crippen molar-refractivity contribution < 1.29 is 0 Å². The van der Waals surface area contributed by atoms with Crippen LogP contribution in [0.2, 0.25) is 0 Å². The highest BCUT2D eigenvalue weighted by Gasteiger charge is 2.53. The van der Waals surface area contributed by atoms with Crippen LogP contribution in [0, 0.1) is 29.1 Å². The van der Waals surface area contributed by atoms with Gasteiger partial charge in [-0.2, -0.15) is 0 Å². The summed E-state index contributed by atoms with van der Waals surface area (Å²) in [6, 6.07) is 1.14. The maximum atomic E-state index is 4.92. The third-order valence-electron chi connectivity index (χ3n) is 6.79. The molecule has 4 bridgehead atoms. The molecule has 1 N–H and O–H groups in total. The number of aliphatic imine (C=N–C) groups is 1. The fourth-order valence-electron chi connectivity index (χ4n) is 5.86. The minimum absolute atomic E-state index is 0.529. The molecule has 0 aromatic heterocycles. The van der Waals surface area contributed by atoms with Crippen LogP contribution < -0.4 is 5.32 Å². The number of nitrogens with zero attached hydrogens (tertiary/aromatic N) is 1. The van der Waals surface area contributed by atoms with E-state index >= 15 is 0 Å². The van der Waals surface area contributed by atoms with Gasteiger partial charge in [-0.25, -0.2) is 0 Å². The number of amidine groups is 1. The summed E-state index contributed by atoms with van der Waals surface area (Å²) in [6.45, 7) is 7.03. The lowest BCUT2D eigenvalue weighted by atomic mass is 9.48. The summed E-state index contributed by atoms with van der Waals surface area (Å²) in [5, 5.41) is 5.07. The number of hydrogen-bond donors (Lipinski definition) is 1. The molecule has 4 aliphatic carbocycles. The lowest BCUT2D eigenvalue weighted by Gasteiger charge is -2.59. The van der Waals surface area contributed by atoms with Crippen molar-refractivity contribution in [3.63, 3.8) is 0 Å². The van der Waals surface area contributed by atoms with E-state index in [1.54, 1.807) is 0 Å². The van der Waals surface area contributed by atoms with Crippen molar-refractivity contribution in [2.45, 2.75) is 71.4 Å². The highest BCUT2D eigenvalue weighted by molar-refractivity contribution is 8.14. The van der Waals surface area contributed by atoms with Crippen molar-refractivity contribution in [1.29, 1.82) is 0 Å². The first kappa shape index (κ1) is 14.4. The quantitative estimate of drug-likeness (QED) is 0.840. The first-order chi connectivity index (χ1) is 10.0. The van der Waals surface area contributed by atoms with E-state index in [2.05, 4.69) is 26.1 Å². The van der Waals surface area contributed by atoms with Crippen LogP contribution in [-0.4, -0.2) is 23.0 Å². The summed E-state index contributed by atoms with van der Waals surface area (Å²) in [5.41, 5.74) is 0.591. The van der Waals surface area contributed by atoms with Crippen LogP contribution >= 0.6 is 11.8 Å². The average molecular weight is 307 g/mol. The second-order valence-corrected chi connectivity index (χ2v) is 9.71. The highest BCUT2D eigenvalue weighted by atomic mass is 32.2. The molecule has 3 heteroatoms. The fourth-order valence-corrected chi connectivity index (χ4v) is 7.11. The molecule has 2 atom stereocenters. The van der Waals surface area contributed by atoms with Crippen LogP contribution in [0.15, 0.2) is 4.99 Å². The Morgan fingerprint density at radius 2 is 1.62 bits per heavy atom. The van der Waals surface area contributed by atoms with Crippen molar-refractivity contribution in [2.75, 3.05) is 5.75 Å². The smallest absolute Gasteiger partial charge is 0.157 e. The van der Waals surface area contributed by atoms with Crippen molar-refractivity contribution in [3.8, 4) is 0 Å². The summed E-state index contributed by atoms with van der Waals surface area (Å²) in [5.74, 6) is 4.98. The number of nitrogens with one attached hydrogen (secondary N) is 1. The minimum Gasteiger partial charge on any atom is -0.362 e. The van der Waals surface area contributed by atoms with Gasteiger partial charge < -0.3 is 5.32 Å². The Morgan fingerprint density at radius 3 is 2.10 bits per heavy atom. The Labute approximate surface area is 133 Å². The Balaban J connectivity index is 1.46. The molecule has 2 nitrogen and oxygen atoms in total. The first-order valence-electron chi connectivity index (χ1n) is 9.01. The zero-order chi connectivity index (χ0) is 14.6. The summed E-state index contributed by atoms with van der Waals surface area (Å²) < 4.78 is 0. The zero-order valence-corrected chi connectivity index (χ0v) is 14.6. The van der Waals surface area contributed by atoms with Gasteiger partial charge in [-0.15, -0.1) is 0 Å². The summed E-state index contributed by atoms with van der Waals surface area (Å²) in [4.78, 5) is 4.92. The largest absolute Gasteiger partial charge is 0.362 e. The van der Waals surface area contributed by atoms with Gasteiger partial charge in [-0.3, -0.25) is 4.99 Å². The predicted octanol–water partition coefficient (Wildman–Crippen LogP) is 4.31. The van der Waals surface area contributed by atoms with E-state index in [9.17, 15) is 0 Å². The lowest BCUT2D eigenvalue weighted by molar-refractivity contribution is -0.0671. The Bertz CT molecular complexity index is 407. The van der Waals surface area contributed by atoms with E-state index in [4.69, 9.17) is 4.99 Å². The molecule has 0 saturated heterocycles. The van der Waals surface area contributed by atoms with E-state index in [1.807, 2.05) is 11.8 Å². The molecule has 1 heterocycles. The monoisotopic (exact) mass is 306 g/mol. The van der Waals surface area contributed by atoms with Gasteiger partial charge in [-0.05, 0) is 74.5 Å². The maximum absolute atomic E-state index is 4.92. The summed E-state index contributed by atoms with van der Waals surface area (Å²) >= 11 is 1.95. The van der Waals surface area contributed by atoms with Crippen molar-refractivity contribution >= 4 is 16.9 Å². The van der Waals surface area contributed by atoms with Crippen molar-refractivity contribution in [1.82, 2.24) is 5.32 Å². The van der Waals surface area contributed by atoms with E-state index in [-0.39, 0.29) is 0 Å². The van der Waals surface area contributed by atoms with E-state index < -0.39 is 0 Å². The molecule has 4 saturated carbocycles. The molecule has 1 aliphatic heterocycles. The van der Waals surface area contributed by atoms with Crippen LogP contribution in [0.25, 0.3) is 0 Å². The Kier molecular flexibility index (Phi) is 3.55. The molecule has 0 spiro atoms. The predicted molar refractivity (Wildman–Crippen MR) is 91.7 cm³/mol. The summed E-state index contributed by atoms with van der Waals surface area (Å²) in [7, 11) is 0. The molecule has 5 rings (SSSR count). The molecule has 0 radical (unpaired) electrons. The van der Waals surface area contributed by atoms with Gasteiger partial charge in [0, 0.05) is 11.8 Å². The Hall–Kier alpha value is -0.180. The third kappa shape index (κ3) is 2.54. The van der Waals surface area contributed by atoms with Gasteiger partial charge in [0.05, 0.1) is 6.04 Å². The minimum atomic E-state index is 0.529. The molecule has 118 valence electrons. The van der Waals surface area contributed by atoms with Crippen LogP contribution in [-0.2, 0) is 0 Å². The maximum Gasteiger partial charge on any atom is 0.157 e. The average Bonchev–Trinajstić information content (AvgIpc) is 2.85. The topological polar surface area (TPSA) is 24.4 Å². The summed E-state index contributed by atoms with van der Waals surface area (Å²) in [6.07, 6.45) is 9.07. The van der Waals surface area contributed by atoms with Crippen LogP contribution in [0.3, 0.4) is 0 Å². The Morgan fingerprint density at radius 1 is 1.05 bits per heavy atom. The molecular formula is C18H30N2S. The van der Waals surface area contributed by atoms with Gasteiger partial charge in [0.1, 0.15) is 0 Å². The van der Waals surface area contributed by atoms with Crippen molar-refractivity contribution in [3.05, 3.63) is 0 Å². The van der Waals surface area contributed by atoms with E-state index in [1.165, 1.54) is 49.4 Å². The normalized spacial score (nSPS) is 46.0. The zero-order valence-electron chi connectivity index (χ0n) is 13.8. The molecule has 4 fully saturated rings. The van der Waals surface area contributed by atoms with E-state index in [0.29, 0.717) is 23.4 Å². The van der Waals surface area contributed by atoms with Crippen LogP contribution in [0.5, 0.6) is 0 Å². The number of hydrogen-bond acceptors (Lipinski definition) is 3. The second-order valence-electron chi connectivity index (χ2n) is 8.70. The lowest BCUT2D eigenvalue weighted by Crippen LogP contribution is -2.55.